The first-order chi connectivity index (χ1) is 8.23. The molecule has 0 radical (unpaired) electrons. The SMILES string of the molecule is CCC1(C(=O)c2nccnc2OC)CCCN1. The summed E-state index contributed by atoms with van der Waals surface area (Å²) in [5.41, 5.74) is -0.158. The molecule has 1 aliphatic rings. The lowest BCUT2D eigenvalue weighted by atomic mass is 9.87. The standard InChI is InChI=1S/C12H17N3O2/c1-3-12(5-4-6-15-12)10(16)9-11(17-2)14-8-7-13-9/h7-8,15H,3-6H2,1-2H3. The normalized spacial score (nSPS) is 23.6. The highest BCUT2D eigenvalue weighted by Crippen LogP contribution is 2.28. The van der Waals surface area contributed by atoms with Crippen LogP contribution in [0.1, 0.15) is 36.7 Å². The van der Waals surface area contributed by atoms with Gasteiger partial charge in [-0.25, -0.2) is 9.97 Å². The Morgan fingerprint density at radius 2 is 2.29 bits per heavy atom. The average molecular weight is 235 g/mol. The van der Waals surface area contributed by atoms with Crippen LogP contribution < -0.4 is 10.1 Å². The number of nitrogens with one attached hydrogen (secondary N) is 1. The molecule has 5 heteroatoms. The van der Waals surface area contributed by atoms with Crippen molar-refractivity contribution in [2.45, 2.75) is 31.7 Å². The number of ketones is 1. The zero-order chi connectivity index (χ0) is 12.3. The lowest BCUT2D eigenvalue weighted by Gasteiger charge is -2.26. The van der Waals surface area contributed by atoms with E-state index in [2.05, 4.69) is 15.3 Å². The highest BCUT2D eigenvalue weighted by atomic mass is 16.5. The molecule has 0 amide bonds. The van der Waals surface area contributed by atoms with Crippen molar-refractivity contribution in [3.8, 4) is 5.88 Å². The number of nitrogens with zero attached hydrogens (tertiary/aromatic N) is 2. The Balaban J connectivity index is 2.35. The van der Waals surface area contributed by atoms with Crippen molar-refractivity contribution in [3.05, 3.63) is 18.1 Å². The Morgan fingerprint density at radius 3 is 2.88 bits per heavy atom. The number of hydrogen-bond acceptors (Lipinski definition) is 5. The third kappa shape index (κ3) is 2.02. The van der Waals surface area contributed by atoms with Crippen LogP contribution in [-0.2, 0) is 0 Å². The first kappa shape index (κ1) is 12.0. The molecule has 2 rings (SSSR count). The quantitative estimate of drug-likeness (QED) is 0.794. The van der Waals surface area contributed by atoms with Gasteiger partial charge >= 0.3 is 0 Å². The maximum atomic E-state index is 12.5. The van der Waals surface area contributed by atoms with Crippen molar-refractivity contribution in [2.24, 2.45) is 0 Å². The number of carbonyl (C=O) groups is 1. The number of methoxy groups -OCH3 is 1. The highest BCUT2D eigenvalue weighted by molar-refractivity contribution is 6.03. The van der Waals surface area contributed by atoms with Gasteiger partial charge in [-0.05, 0) is 25.8 Å². The van der Waals surface area contributed by atoms with Crippen LogP contribution in [0, 0.1) is 0 Å². The fraction of sp³-hybridized carbons (Fsp3) is 0.583. The van der Waals surface area contributed by atoms with Crippen LogP contribution in [0.5, 0.6) is 5.88 Å². The zero-order valence-electron chi connectivity index (χ0n) is 10.2. The first-order valence-corrected chi connectivity index (χ1v) is 5.88. The van der Waals surface area contributed by atoms with Gasteiger partial charge in [-0.3, -0.25) is 4.79 Å². The molecule has 0 saturated carbocycles. The molecule has 1 aliphatic heterocycles. The molecule has 1 fully saturated rings. The van der Waals surface area contributed by atoms with E-state index in [9.17, 15) is 4.79 Å². The molecule has 1 unspecified atom stereocenters. The second kappa shape index (κ2) is 4.79. The molecule has 1 N–H and O–H groups in total. The topological polar surface area (TPSA) is 64.1 Å². The predicted molar refractivity (Wildman–Crippen MR) is 63.2 cm³/mol. The minimum atomic E-state index is -0.483. The molecule has 0 bridgehead atoms. The van der Waals surface area contributed by atoms with Gasteiger partial charge in [0.15, 0.2) is 5.69 Å². The average Bonchev–Trinajstić information content (AvgIpc) is 2.88. The summed E-state index contributed by atoms with van der Waals surface area (Å²) in [5.74, 6) is 0.293. The molecule has 0 aromatic carbocycles. The molecule has 0 spiro atoms. The molecular weight excluding hydrogens is 218 g/mol. The molecular formula is C12H17N3O2. The molecule has 1 saturated heterocycles. The van der Waals surface area contributed by atoms with Gasteiger partial charge in [-0.2, -0.15) is 0 Å². The summed E-state index contributed by atoms with van der Waals surface area (Å²) < 4.78 is 5.09. The fourth-order valence-electron chi connectivity index (χ4n) is 2.32. The fourth-order valence-corrected chi connectivity index (χ4v) is 2.32. The van der Waals surface area contributed by atoms with Crippen molar-refractivity contribution in [1.29, 1.82) is 0 Å². The summed E-state index contributed by atoms with van der Waals surface area (Å²) in [5, 5.41) is 3.30. The summed E-state index contributed by atoms with van der Waals surface area (Å²) in [7, 11) is 1.50. The number of aromatic nitrogens is 2. The van der Waals surface area contributed by atoms with E-state index < -0.39 is 5.54 Å². The van der Waals surface area contributed by atoms with Crippen LogP contribution in [0.25, 0.3) is 0 Å². The van der Waals surface area contributed by atoms with Crippen LogP contribution in [-0.4, -0.2) is 34.9 Å². The number of ether oxygens (including phenoxy) is 1. The lowest BCUT2D eigenvalue weighted by molar-refractivity contribution is 0.0854. The predicted octanol–water partition coefficient (Wildman–Crippen LogP) is 1.20. The van der Waals surface area contributed by atoms with E-state index in [0.29, 0.717) is 11.6 Å². The minimum absolute atomic E-state index is 0.0116. The third-order valence-electron chi connectivity index (χ3n) is 3.36. The van der Waals surface area contributed by atoms with Crippen molar-refractivity contribution in [2.75, 3.05) is 13.7 Å². The summed E-state index contributed by atoms with van der Waals surface area (Å²) in [6, 6.07) is 0. The van der Waals surface area contributed by atoms with Gasteiger partial charge < -0.3 is 10.1 Å². The van der Waals surface area contributed by atoms with Crippen LogP contribution >= 0.6 is 0 Å². The van der Waals surface area contributed by atoms with Gasteiger partial charge in [-0.15, -0.1) is 0 Å². The second-order valence-corrected chi connectivity index (χ2v) is 4.21. The van der Waals surface area contributed by atoms with Crippen LogP contribution in [0.3, 0.4) is 0 Å². The van der Waals surface area contributed by atoms with Crippen molar-refractivity contribution < 1.29 is 9.53 Å². The Morgan fingerprint density at radius 1 is 1.53 bits per heavy atom. The van der Waals surface area contributed by atoms with Gasteiger partial charge in [0.1, 0.15) is 0 Å². The molecule has 1 atom stereocenters. The monoisotopic (exact) mass is 235 g/mol. The van der Waals surface area contributed by atoms with E-state index in [1.165, 1.54) is 19.5 Å². The van der Waals surface area contributed by atoms with Crippen LogP contribution in [0.15, 0.2) is 12.4 Å². The van der Waals surface area contributed by atoms with Gasteiger partial charge in [-0.1, -0.05) is 6.92 Å². The lowest BCUT2D eigenvalue weighted by Crippen LogP contribution is -2.47. The maximum Gasteiger partial charge on any atom is 0.243 e. The van der Waals surface area contributed by atoms with E-state index >= 15 is 0 Å². The van der Waals surface area contributed by atoms with Crippen molar-refractivity contribution in [1.82, 2.24) is 15.3 Å². The van der Waals surface area contributed by atoms with Gasteiger partial charge in [0, 0.05) is 12.4 Å². The molecule has 1 aromatic heterocycles. The smallest absolute Gasteiger partial charge is 0.243 e. The van der Waals surface area contributed by atoms with Gasteiger partial charge in [0.25, 0.3) is 0 Å². The zero-order valence-corrected chi connectivity index (χ0v) is 10.2. The third-order valence-corrected chi connectivity index (χ3v) is 3.36. The molecule has 17 heavy (non-hydrogen) atoms. The van der Waals surface area contributed by atoms with E-state index in [-0.39, 0.29) is 5.78 Å². The molecule has 1 aromatic rings. The van der Waals surface area contributed by atoms with Crippen LogP contribution in [0.4, 0.5) is 0 Å². The second-order valence-electron chi connectivity index (χ2n) is 4.21. The van der Waals surface area contributed by atoms with Gasteiger partial charge in [0.05, 0.1) is 12.6 Å². The van der Waals surface area contributed by atoms with E-state index in [0.717, 1.165) is 25.8 Å². The number of Topliss-reactive ketones (excluding diaryl/α,β-unsaturated/α-hetero) is 1. The number of hydrogen-bond donors (Lipinski definition) is 1. The largest absolute Gasteiger partial charge is 0.479 e. The summed E-state index contributed by atoms with van der Waals surface area (Å²) in [4.78, 5) is 20.7. The first-order valence-electron chi connectivity index (χ1n) is 5.88. The highest BCUT2D eigenvalue weighted by Gasteiger charge is 2.41. The summed E-state index contributed by atoms with van der Waals surface area (Å²) >= 11 is 0. The van der Waals surface area contributed by atoms with Crippen LogP contribution in [0.2, 0.25) is 0 Å². The van der Waals surface area contributed by atoms with E-state index in [4.69, 9.17) is 4.74 Å². The Kier molecular flexibility index (Phi) is 3.38. The van der Waals surface area contributed by atoms with E-state index in [1.54, 1.807) is 0 Å². The minimum Gasteiger partial charge on any atom is -0.479 e. The molecule has 2 heterocycles. The maximum absolute atomic E-state index is 12.5. The molecule has 92 valence electrons. The summed E-state index contributed by atoms with van der Waals surface area (Å²) in [6.45, 7) is 2.89. The summed E-state index contributed by atoms with van der Waals surface area (Å²) in [6.07, 6.45) is 5.67. The number of carbonyl (C=O) groups excluding carboxylic acids is 1. The Hall–Kier alpha value is -1.49. The van der Waals surface area contributed by atoms with E-state index in [1.807, 2.05) is 6.92 Å². The molecule has 5 nitrogen and oxygen atoms in total. The van der Waals surface area contributed by atoms with Gasteiger partial charge in [0.2, 0.25) is 11.7 Å². The van der Waals surface area contributed by atoms with Crippen molar-refractivity contribution >= 4 is 5.78 Å². The molecule has 0 aliphatic carbocycles. The number of rotatable bonds is 4. The Bertz CT molecular complexity index is 414. The Labute approximate surface area is 101 Å². The van der Waals surface area contributed by atoms with Crippen molar-refractivity contribution in [3.63, 3.8) is 0 Å².